The Balaban J connectivity index is 3.41. The molecule has 0 amide bonds. The number of benzene rings is 1. The van der Waals surface area contributed by atoms with Crippen molar-refractivity contribution in [1.29, 1.82) is 0 Å². The molecule has 0 atom stereocenters. The Labute approximate surface area is 98.8 Å². The molecular formula is C10H8F3IO. The second-order valence-electron chi connectivity index (χ2n) is 3.15. The molecule has 5 heteroatoms. The minimum absolute atomic E-state index is 0.107. The fourth-order valence-electron chi connectivity index (χ4n) is 1.26. The molecule has 0 unspecified atom stereocenters. The maximum absolute atomic E-state index is 12.5. The van der Waals surface area contributed by atoms with Gasteiger partial charge in [-0.2, -0.15) is 13.2 Å². The van der Waals surface area contributed by atoms with Gasteiger partial charge in [-0.1, -0.05) is 0 Å². The first kappa shape index (κ1) is 12.5. The van der Waals surface area contributed by atoms with Gasteiger partial charge in [0.1, 0.15) is 0 Å². The summed E-state index contributed by atoms with van der Waals surface area (Å²) in [5, 5.41) is 0. The van der Waals surface area contributed by atoms with Gasteiger partial charge in [0, 0.05) is 9.13 Å². The molecule has 0 aromatic heterocycles. The third kappa shape index (κ3) is 2.50. The van der Waals surface area contributed by atoms with Crippen molar-refractivity contribution in [3.8, 4) is 0 Å². The van der Waals surface area contributed by atoms with E-state index in [2.05, 4.69) is 0 Å². The molecule has 0 saturated carbocycles. The van der Waals surface area contributed by atoms with Crippen LogP contribution in [0.4, 0.5) is 13.2 Å². The van der Waals surface area contributed by atoms with Gasteiger partial charge < -0.3 is 0 Å². The highest BCUT2D eigenvalue weighted by Crippen LogP contribution is 2.34. The summed E-state index contributed by atoms with van der Waals surface area (Å²) in [7, 11) is 0. The number of hydrogen-bond acceptors (Lipinski definition) is 1. The molecule has 0 spiro atoms. The van der Waals surface area contributed by atoms with Crippen molar-refractivity contribution < 1.29 is 18.0 Å². The van der Waals surface area contributed by atoms with E-state index in [0.29, 0.717) is 9.13 Å². The first-order valence-electron chi connectivity index (χ1n) is 4.12. The Morgan fingerprint density at radius 3 is 2.27 bits per heavy atom. The Kier molecular flexibility index (Phi) is 3.42. The minimum atomic E-state index is -4.36. The lowest BCUT2D eigenvalue weighted by atomic mass is 10.0. The minimum Gasteiger partial charge on any atom is -0.294 e. The maximum atomic E-state index is 12.5. The topological polar surface area (TPSA) is 17.1 Å². The molecule has 0 radical (unpaired) electrons. The summed E-state index contributed by atoms with van der Waals surface area (Å²) in [6.45, 7) is 2.71. The van der Waals surface area contributed by atoms with Gasteiger partial charge >= 0.3 is 6.18 Å². The van der Waals surface area contributed by atoms with E-state index in [4.69, 9.17) is 0 Å². The molecule has 0 saturated heterocycles. The molecule has 0 aliphatic rings. The van der Waals surface area contributed by atoms with E-state index in [1.54, 1.807) is 22.6 Å². The molecule has 0 fully saturated rings. The first-order valence-corrected chi connectivity index (χ1v) is 5.20. The Morgan fingerprint density at radius 2 is 1.87 bits per heavy atom. The van der Waals surface area contributed by atoms with Crippen LogP contribution in [-0.4, -0.2) is 5.78 Å². The lowest BCUT2D eigenvalue weighted by molar-refractivity contribution is -0.138. The van der Waals surface area contributed by atoms with Crippen LogP contribution < -0.4 is 0 Å². The highest BCUT2D eigenvalue weighted by molar-refractivity contribution is 14.1. The highest BCUT2D eigenvalue weighted by atomic mass is 127. The van der Waals surface area contributed by atoms with Crippen molar-refractivity contribution in [2.24, 2.45) is 0 Å². The second kappa shape index (κ2) is 4.11. The van der Waals surface area contributed by atoms with Crippen LogP contribution in [0.15, 0.2) is 12.1 Å². The molecule has 1 nitrogen and oxygen atoms in total. The van der Waals surface area contributed by atoms with Gasteiger partial charge in [-0.25, -0.2) is 0 Å². The number of hydrogen-bond donors (Lipinski definition) is 0. The second-order valence-corrected chi connectivity index (χ2v) is 4.23. The summed E-state index contributed by atoms with van der Waals surface area (Å²) in [6.07, 6.45) is -4.36. The van der Waals surface area contributed by atoms with E-state index < -0.39 is 11.7 Å². The smallest absolute Gasteiger partial charge is 0.294 e. The first-order chi connectivity index (χ1) is 6.75. The van der Waals surface area contributed by atoms with Crippen LogP contribution in [0.25, 0.3) is 0 Å². The number of rotatable bonds is 1. The summed E-state index contributed by atoms with van der Waals surface area (Å²) in [4.78, 5) is 11.1. The lowest BCUT2D eigenvalue weighted by Crippen LogP contribution is -2.10. The number of Topliss-reactive ketones (excluding diaryl/α,β-unsaturated/α-hetero) is 1. The Bertz CT molecular complexity index is 410. The largest absolute Gasteiger partial charge is 0.416 e. The van der Waals surface area contributed by atoms with Crippen molar-refractivity contribution in [3.63, 3.8) is 0 Å². The van der Waals surface area contributed by atoms with E-state index in [-0.39, 0.29) is 11.3 Å². The SMILES string of the molecule is CC(=O)c1ccc(C(F)(F)F)c(C)c1I. The molecule has 1 rings (SSSR count). The van der Waals surface area contributed by atoms with E-state index in [0.717, 1.165) is 6.07 Å². The van der Waals surface area contributed by atoms with Crippen LogP contribution >= 0.6 is 22.6 Å². The van der Waals surface area contributed by atoms with Crippen LogP contribution in [0.1, 0.15) is 28.4 Å². The van der Waals surface area contributed by atoms with Crippen LogP contribution in [0, 0.1) is 10.5 Å². The van der Waals surface area contributed by atoms with E-state index in [1.165, 1.54) is 19.9 Å². The normalized spacial score (nSPS) is 11.6. The van der Waals surface area contributed by atoms with Gasteiger partial charge in [-0.3, -0.25) is 4.79 Å². The number of ketones is 1. The maximum Gasteiger partial charge on any atom is 0.416 e. The monoisotopic (exact) mass is 328 g/mol. The molecule has 1 aromatic carbocycles. The van der Waals surface area contributed by atoms with Gasteiger partial charge in [-0.15, -0.1) is 0 Å². The molecule has 0 N–H and O–H groups in total. The van der Waals surface area contributed by atoms with Gasteiger partial charge in [0.2, 0.25) is 0 Å². The zero-order chi connectivity index (χ0) is 11.8. The highest BCUT2D eigenvalue weighted by Gasteiger charge is 2.33. The predicted octanol–water partition coefficient (Wildman–Crippen LogP) is 3.82. The summed E-state index contributed by atoms with van der Waals surface area (Å²) in [5.41, 5.74) is -0.242. The zero-order valence-corrected chi connectivity index (χ0v) is 10.2. The summed E-state index contributed by atoms with van der Waals surface area (Å²) < 4.78 is 37.8. The Hall–Kier alpha value is -0.590. The molecule has 0 aliphatic carbocycles. The summed E-state index contributed by atoms with van der Waals surface area (Å²) in [5.74, 6) is -0.226. The molecule has 0 bridgehead atoms. The Morgan fingerprint density at radius 1 is 1.33 bits per heavy atom. The lowest BCUT2D eigenvalue weighted by Gasteiger charge is -2.13. The number of alkyl halides is 3. The standard InChI is InChI=1S/C10H8F3IO/c1-5-8(10(11,12)13)4-3-7(6(2)15)9(5)14/h3-4H,1-2H3. The molecule has 82 valence electrons. The third-order valence-electron chi connectivity index (χ3n) is 2.07. The zero-order valence-electron chi connectivity index (χ0n) is 8.07. The van der Waals surface area contributed by atoms with Gasteiger partial charge in [0.15, 0.2) is 5.78 Å². The molecular weight excluding hydrogens is 320 g/mol. The van der Waals surface area contributed by atoms with Crippen molar-refractivity contribution in [2.75, 3.05) is 0 Å². The van der Waals surface area contributed by atoms with Crippen LogP contribution in [0.5, 0.6) is 0 Å². The van der Waals surface area contributed by atoms with Crippen LogP contribution in [-0.2, 0) is 6.18 Å². The average Bonchev–Trinajstić information content (AvgIpc) is 2.06. The van der Waals surface area contributed by atoms with Crippen molar-refractivity contribution in [3.05, 3.63) is 32.4 Å². The van der Waals surface area contributed by atoms with Crippen molar-refractivity contribution in [2.45, 2.75) is 20.0 Å². The van der Waals surface area contributed by atoms with Gasteiger partial charge in [0.25, 0.3) is 0 Å². The van der Waals surface area contributed by atoms with Crippen molar-refractivity contribution in [1.82, 2.24) is 0 Å². The van der Waals surface area contributed by atoms with E-state index in [9.17, 15) is 18.0 Å². The predicted molar refractivity (Wildman–Crippen MR) is 58.9 cm³/mol. The fraction of sp³-hybridized carbons (Fsp3) is 0.300. The van der Waals surface area contributed by atoms with Crippen molar-refractivity contribution >= 4 is 28.4 Å². The molecule has 0 heterocycles. The number of carbonyl (C=O) groups is 1. The van der Waals surface area contributed by atoms with Crippen LogP contribution in [0.3, 0.4) is 0 Å². The van der Waals surface area contributed by atoms with Gasteiger partial charge in [-0.05, 0) is 54.1 Å². The number of carbonyl (C=O) groups excluding carboxylic acids is 1. The molecule has 15 heavy (non-hydrogen) atoms. The fourth-order valence-corrected chi connectivity index (χ4v) is 2.11. The number of halogens is 4. The van der Waals surface area contributed by atoms with Crippen LogP contribution in [0.2, 0.25) is 0 Å². The average molecular weight is 328 g/mol. The quantitative estimate of drug-likeness (QED) is 0.566. The third-order valence-corrected chi connectivity index (χ3v) is 3.46. The molecule has 1 aromatic rings. The van der Waals surface area contributed by atoms with E-state index in [1.807, 2.05) is 0 Å². The summed E-state index contributed by atoms with van der Waals surface area (Å²) >= 11 is 1.76. The summed E-state index contributed by atoms with van der Waals surface area (Å²) in [6, 6.07) is 2.17. The molecule has 0 aliphatic heterocycles. The van der Waals surface area contributed by atoms with Gasteiger partial charge in [0.05, 0.1) is 5.56 Å². The van der Waals surface area contributed by atoms with E-state index >= 15 is 0 Å².